The predicted octanol–water partition coefficient (Wildman–Crippen LogP) is 1.88. The molecule has 0 aliphatic rings. The zero-order chi connectivity index (χ0) is 16.2. The van der Waals surface area contributed by atoms with Gasteiger partial charge in [-0.2, -0.15) is 0 Å². The Morgan fingerprint density at radius 3 is 2.87 bits per heavy atom. The number of hydrogen-bond acceptors (Lipinski definition) is 5. The highest BCUT2D eigenvalue weighted by atomic mass is 32.2. The molecule has 1 N–H and O–H groups in total. The summed E-state index contributed by atoms with van der Waals surface area (Å²) >= 11 is 1.23. The number of fused-ring (bicyclic) bond motifs is 1. The molecule has 1 aromatic carbocycles. The average Bonchev–Trinajstić information content (AvgIpc) is 3.08. The minimum Gasteiger partial charge on any atom is -0.467 e. The summed E-state index contributed by atoms with van der Waals surface area (Å²) < 4.78 is 6.87. The van der Waals surface area contributed by atoms with Crippen molar-refractivity contribution >= 4 is 28.6 Å². The molecule has 2 aromatic heterocycles. The van der Waals surface area contributed by atoms with Crippen LogP contribution in [0.3, 0.4) is 0 Å². The van der Waals surface area contributed by atoms with Gasteiger partial charge in [0.05, 0.1) is 29.5 Å². The molecule has 0 spiro atoms. The molecule has 1 amide bonds. The first-order valence-corrected chi connectivity index (χ1v) is 8.03. The maximum absolute atomic E-state index is 12.8. The molecular weight excluding hydrogens is 314 g/mol. The molecule has 0 unspecified atom stereocenters. The third-order valence-corrected chi connectivity index (χ3v) is 4.31. The van der Waals surface area contributed by atoms with Crippen LogP contribution in [-0.4, -0.2) is 28.3 Å². The number of thioether (sulfide) groups is 1. The number of para-hydroxylation sites is 1. The minimum absolute atomic E-state index is 0.123. The van der Waals surface area contributed by atoms with Gasteiger partial charge in [0.1, 0.15) is 5.76 Å². The Bertz CT molecular complexity index is 887. The quantitative estimate of drug-likeness (QED) is 0.571. The summed E-state index contributed by atoms with van der Waals surface area (Å²) in [6, 6.07) is 10.7. The van der Waals surface area contributed by atoms with Crippen molar-refractivity contribution in [3.05, 3.63) is 58.8 Å². The maximum atomic E-state index is 12.8. The first-order chi connectivity index (χ1) is 11.2. The lowest BCUT2D eigenvalue weighted by molar-refractivity contribution is -0.118. The molecule has 0 aliphatic carbocycles. The highest BCUT2D eigenvalue weighted by Crippen LogP contribution is 2.18. The molecule has 23 heavy (non-hydrogen) atoms. The SMILES string of the molecule is CNC(=O)CSc1nc2ccccc2c(=O)n1Cc1ccco1. The van der Waals surface area contributed by atoms with E-state index in [1.807, 2.05) is 6.07 Å². The van der Waals surface area contributed by atoms with Gasteiger partial charge >= 0.3 is 0 Å². The van der Waals surface area contributed by atoms with Crippen LogP contribution in [-0.2, 0) is 11.3 Å². The zero-order valence-corrected chi connectivity index (χ0v) is 13.3. The van der Waals surface area contributed by atoms with Crippen LogP contribution >= 0.6 is 11.8 Å². The molecule has 0 radical (unpaired) electrons. The largest absolute Gasteiger partial charge is 0.467 e. The number of aromatic nitrogens is 2. The van der Waals surface area contributed by atoms with E-state index in [2.05, 4.69) is 10.3 Å². The molecule has 118 valence electrons. The number of nitrogens with zero attached hydrogens (tertiary/aromatic N) is 2. The van der Waals surface area contributed by atoms with Crippen molar-refractivity contribution in [2.75, 3.05) is 12.8 Å². The summed E-state index contributed by atoms with van der Waals surface area (Å²) in [6.45, 7) is 0.278. The number of hydrogen-bond donors (Lipinski definition) is 1. The molecule has 0 fully saturated rings. The van der Waals surface area contributed by atoms with Crippen molar-refractivity contribution in [1.29, 1.82) is 0 Å². The fourth-order valence-electron chi connectivity index (χ4n) is 2.16. The van der Waals surface area contributed by atoms with E-state index in [1.165, 1.54) is 16.3 Å². The second-order valence-electron chi connectivity index (χ2n) is 4.84. The smallest absolute Gasteiger partial charge is 0.262 e. The van der Waals surface area contributed by atoms with E-state index >= 15 is 0 Å². The number of benzene rings is 1. The van der Waals surface area contributed by atoms with Gasteiger partial charge in [0.25, 0.3) is 5.56 Å². The van der Waals surface area contributed by atoms with Crippen molar-refractivity contribution in [1.82, 2.24) is 14.9 Å². The number of carbonyl (C=O) groups is 1. The lowest BCUT2D eigenvalue weighted by atomic mass is 10.2. The molecule has 0 saturated heterocycles. The predicted molar refractivity (Wildman–Crippen MR) is 88.6 cm³/mol. The molecule has 7 heteroatoms. The lowest BCUT2D eigenvalue weighted by Crippen LogP contribution is -2.25. The number of rotatable bonds is 5. The Kier molecular flexibility index (Phi) is 4.47. The monoisotopic (exact) mass is 329 g/mol. The van der Waals surface area contributed by atoms with Crippen LogP contribution in [0.5, 0.6) is 0 Å². The van der Waals surface area contributed by atoms with Crippen LogP contribution < -0.4 is 10.9 Å². The molecule has 2 heterocycles. The second-order valence-corrected chi connectivity index (χ2v) is 5.79. The summed E-state index contributed by atoms with van der Waals surface area (Å²) in [5.74, 6) is 0.729. The topological polar surface area (TPSA) is 77.1 Å². The van der Waals surface area contributed by atoms with Gasteiger partial charge in [-0.05, 0) is 24.3 Å². The Balaban J connectivity index is 2.07. The van der Waals surface area contributed by atoms with Gasteiger partial charge in [0, 0.05) is 7.05 Å². The Morgan fingerprint density at radius 2 is 2.13 bits per heavy atom. The van der Waals surface area contributed by atoms with Gasteiger partial charge in [-0.15, -0.1) is 0 Å². The van der Waals surface area contributed by atoms with E-state index in [4.69, 9.17) is 4.42 Å². The van der Waals surface area contributed by atoms with Crippen LogP contribution in [0.2, 0.25) is 0 Å². The molecule has 0 saturated carbocycles. The zero-order valence-electron chi connectivity index (χ0n) is 12.5. The van der Waals surface area contributed by atoms with Gasteiger partial charge in [-0.25, -0.2) is 4.98 Å². The number of furan rings is 1. The van der Waals surface area contributed by atoms with Gasteiger partial charge < -0.3 is 9.73 Å². The summed E-state index contributed by atoms with van der Waals surface area (Å²) in [4.78, 5) is 28.8. The van der Waals surface area contributed by atoms with E-state index in [0.717, 1.165) is 0 Å². The van der Waals surface area contributed by atoms with Crippen LogP contribution in [0.4, 0.5) is 0 Å². The molecule has 0 bridgehead atoms. The van der Waals surface area contributed by atoms with E-state index in [0.29, 0.717) is 21.8 Å². The highest BCUT2D eigenvalue weighted by Gasteiger charge is 2.14. The summed E-state index contributed by atoms with van der Waals surface area (Å²) in [5.41, 5.74) is 0.471. The van der Waals surface area contributed by atoms with Crippen LogP contribution in [0.15, 0.2) is 57.0 Å². The third kappa shape index (κ3) is 3.29. The van der Waals surface area contributed by atoms with Crippen LogP contribution in [0.1, 0.15) is 5.76 Å². The van der Waals surface area contributed by atoms with Gasteiger partial charge in [-0.1, -0.05) is 23.9 Å². The standard InChI is InChI=1S/C16H15N3O3S/c1-17-14(20)10-23-16-18-13-7-3-2-6-12(13)15(21)19(16)9-11-5-4-8-22-11/h2-8H,9-10H2,1H3,(H,17,20). The van der Waals surface area contributed by atoms with Gasteiger partial charge in [0.2, 0.25) is 5.91 Å². The Hall–Kier alpha value is -2.54. The molecule has 3 rings (SSSR count). The molecular formula is C16H15N3O3S. The number of nitrogens with one attached hydrogen (secondary N) is 1. The van der Waals surface area contributed by atoms with Gasteiger partial charge in [0.15, 0.2) is 5.16 Å². The fraction of sp³-hybridized carbons (Fsp3) is 0.188. The molecule has 0 atom stereocenters. The fourth-order valence-corrected chi connectivity index (χ4v) is 3.03. The van der Waals surface area contributed by atoms with Crippen molar-refractivity contribution in [3.8, 4) is 0 Å². The van der Waals surface area contributed by atoms with Gasteiger partial charge in [-0.3, -0.25) is 14.2 Å². The second kappa shape index (κ2) is 6.70. The number of carbonyl (C=O) groups excluding carboxylic acids is 1. The maximum Gasteiger partial charge on any atom is 0.262 e. The first-order valence-electron chi connectivity index (χ1n) is 7.04. The molecule has 6 nitrogen and oxygen atoms in total. The lowest BCUT2D eigenvalue weighted by Gasteiger charge is -2.11. The molecule has 0 aliphatic heterocycles. The third-order valence-electron chi connectivity index (χ3n) is 3.33. The van der Waals surface area contributed by atoms with E-state index in [1.54, 1.807) is 43.6 Å². The summed E-state index contributed by atoms with van der Waals surface area (Å²) in [7, 11) is 1.58. The highest BCUT2D eigenvalue weighted by molar-refractivity contribution is 7.99. The average molecular weight is 329 g/mol. The van der Waals surface area contributed by atoms with Crippen molar-refractivity contribution in [2.24, 2.45) is 0 Å². The van der Waals surface area contributed by atoms with Crippen molar-refractivity contribution in [2.45, 2.75) is 11.7 Å². The first kappa shape index (κ1) is 15.4. The van der Waals surface area contributed by atoms with Crippen LogP contribution in [0.25, 0.3) is 10.9 Å². The minimum atomic E-state index is -0.147. The summed E-state index contributed by atoms with van der Waals surface area (Å²) in [6.07, 6.45) is 1.56. The number of amides is 1. The van der Waals surface area contributed by atoms with E-state index < -0.39 is 0 Å². The Labute approximate surface area is 136 Å². The van der Waals surface area contributed by atoms with Crippen molar-refractivity contribution in [3.63, 3.8) is 0 Å². The summed E-state index contributed by atoms with van der Waals surface area (Å²) in [5, 5.41) is 3.60. The van der Waals surface area contributed by atoms with Crippen LogP contribution in [0, 0.1) is 0 Å². The van der Waals surface area contributed by atoms with Crippen molar-refractivity contribution < 1.29 is 9.21 Å². The van der Waals surface area contributed by atoms with E-state index in [-0.39, 0.29) is 23.8 Å². The molecule has 3 aromatic rings. The normalized spacial score (nSPS) is 10.8. The Morgan fingerprint density at radius 1 is 1.30 bits per heavy atom. The van der Waals surface area contributed by atoms with E-state index in [9.17, 15) is 9.59 Å².